The summed E-state index contributed by atoms with van der Waals surface area (Å²) in [5.41, 5.74) is 3.93. The summed E-state index contributed by atoms with van der Waals surface area (Å²) in [5.74, 6) is 5.70. The second kappa shape index (κ2) is 6.35. The number of hydrazine groups is 1. The van der Waals surface area contributed by atoms with Crippen LogP contribution < -0.4 is 11.3 Å². The van der Waals surface area contributed by atoms with Gasteiger partial charge in [0.05, 0.1) is 0 Å². The molecule has 0 saturated heterocycles. The molecule has 5 heteroatoms. The lowest BCUT2D eigenvalue weighted by molar-refractivity contribution is 0.137. The van der Waals surface area contributed by atoms with Crippen LogP contribution in [0, 0.1) is 0 Å². The van der Waals surface area contributed by atoms with E-state index in [1.165, 1.54) is 0 Å². The molecule has 1 aromatic rings. The van der Waals surface area contributed by atoms with E-state index < -0.39 is 0 Å². The van der Waals surface area contributed by atoms with Gasteiger partial charge < -0.3 is 4.90 Å². The smallest absolute Gasteiger partial charge is 0.0449 e. The third kappa shape index (κ3) is 3.68. The predicted molar refractivity (Wildman–Crippen MR) is 81.7 cm³/mol. The van der Waals surface area contributed by atoms with Gasteiger partial charge in [-0.05, 0) is 52.1 Å². The summed E-state index contributed by atoms with van der Waals surface area (Å²) in [4.78, 5) is 2.16. The number of nitrogens with two attached hydrogens (primary N) is 1. The number of benzene rings is 1. The van der Waals surface area contributed by atoms with Crippen LogP contribution in [0.15, 0.2) is 22.7 Å². The van der Waals surface area contributed by atoms with Gasteiger partial charge in [-0.2, -0.15) is 0 Å². The molecular weight excluding hydrogens is 314 g/mol. The number of hydrogen-bond donors (Lipinski definition) is 2. The van der Waals surface area contributed by atoms with Crippen molar-refractivity contribution in [3.63, 3.8) is 0 Å². The first-order valence-electron chi connectivity index (χ1n) is 5.86. The van der Waals surface area contributed by atoms with Crippen LogP contribution in [-0.4, -0.2) is 30.6 Å². The fourth-order valence-electron chi connectivity index (χ4n) is 1.73. The number of rotatable bonds is 5. The maximum absolute atomic E-state index is 6.25. The minimum Gasteiger partial charge on any atom is -0.303 e. The largest absolute Gasteiger partial charge is 0.303 e. The lowest BCUT2D eigenvalue weighted by Crippen LogP contribution is -2.58. The molecule has 3 nitrogen and oxygen atoms in total. The molecule has 1 unspecified atom stereocenters. The minimum atomic E-state index is -0.0643. The summed E-state index contributed by atoms with van der Waals surface area (Å²) in [6.45, 7) is 4.31. The Kier molecular flexibility index (Phi) is 5.62. The van der Waals surface area contributed by atoms with Crippen LogP contribution >= 0.6 is 27.5 Å². The maximum atomic E-state index is 6.25. The van der Waals surface area contributed by atoms with Gasteiger partial charge in [0.25, 0.3) is 0 Å². The summed E-state index contributed by atoms with van der Waals surface area (Å²) in [6.07, 6.45) is 0.786. The van der Waals surface area contributed by atoms with E-state index in [9.17, 15) is 0 Å². The summed E-state index contributed by atoms with van der Waals surface area (Å²) in [7, 11) is 4.10. The Morgan fingerprint density at radius 3 is 2.50 bits per heavy atom. The van der Waals surface area contributed by atoms with Gasteiger partial charge in [0.15, 0.2) is 0 Å². The first-order valence-corrected chi connectivity index (χ1v) is 7.03. The van der Waals surface area contributed by atoms with E-state index in [0.717, 1.165) is 21.5 Å². The standard InChI is InChI=1S/C13H21BrClN3/c1-13(2,18(3)4)12(17-16)7-9-5-6-10(14)8-11(9)15/h5-6,8,12,17H,7,16H2,1-4H3. The molecule has 0 saturated carbocycles. The maximum Gasteiger partial charge on any atom is 0.0449 e. The topological polar surface area (TPSA) is 41.3 Å². The third-order valence-electron chi connectivity index (χ3n) is 3.65. The predicted octanol–water partition coefficient (Wildman–Crippen LogP) is 2.82. The minimum absolute atomic E-state index is 0.0643. The Bertz CT molecular complexity index is 407. The van der Waals surface area contributed by atoms with Crippen molar-refractivity contribution in [2.45, 2.75) is 31.8 Å². The highest BCUT2D eigenvalue weighted by atomic mass is 79.9. The van der Waals surface area contributed by atoms with Crippen molar-refractivity contribution in [3.05, 3.63) is 33.3 Å². The van der Waals surface area contributed by atoms with Crippen molar-refractivity contribution in [3.8, 4) is 0 Å². The third-order valence-corrected chi connectivity index (χ3v) is 4.49. The van der Waals surface area contributed by atoms with Crippen LogP contribution in [-0.2, 0) is 6.42 Å². The highest BCUT2D eigenvalue weighted by Crippen LogP contribution is 2.25. The molecule has 0 radical (unpaired) electrons. The van der Waals surface area contributed by atoms with Crippen LogP contribution in [0.1, 0.15) is 19.4 Å². The van der Waals surface area contributed by atoms with Crippen LogP contribution in [0.2, 0.25) is 5.02 Å². The van der Waals surface area contributed by atoms with Gasteiger partial charge in [0.1, 0.15) is 0 Å². The molecule has 1 aromatic carbocycles. The SMILES string of the molecule is CN(C)C(C)(C)C(Cc1ccc(Br)cc1Cl)NN. The average molecular weight is 335 g/mol. The Morgan fingerprint density at radius 1 is 1.44 bits per heavy atom. The lowest BCUT2D eigenvalue weighted by atomic mass is 9.88. The lowest BCUT2D eigenvalue weighted by Gasteiger charge is -2.40. The van der Waals surface area contributed by atoms with Crippen molar-refractivity contribution in [2.24, 2.45) is 5.84 Å². The van der Waals surface area contributed by atoms with Crippen LogP contribution in [0.5, 0.6) is 0 Å². The van der Waals surface area contributed by atoms with E-state index in [4.69, 9.17) is 17.4 Å². The van der Waals surface area contributed by atoms with Gasteiger partial charge in [-0.1, -0.05) is 33.6 Å². The zero-order valence-electron chi connectivity index (χ0n) is 11.3. The fraction of sp³-hybridized carbons (Fsp3) is 0.538. The summed E-state index contributed by atoms with van der Waals surface area (Å²) in [5, 5.41) is 0.763. The molecule has 0 fully saturated rings. The average Bonchev–Trinajstić information content (AvgIpc) is 2.27. The first-order chi connectivity index (χ1) is 8.28. The molecule has 3 N–H and O–H groups in total. The van der Waals surface area contributed by atoms with Crippen LogP contribution in [0.25, 0.3) is 0 Å². The van der Waals surface area contributed by atoms with E-state index >= 15 is 0 Å². The van der Waals surface area contributed by atoms with E-state index in [-0.39, 0.29) is 11.6 Å². The molecule has 0 aliphatic carbocycles. The Morgan fingerprint density at radius 2 is 2.06 bits per heavy atom. The molecule has 1 rings (SSSR count). The number of nitrogens with zero attached hydrogens (tertiary/aromatic N) is 1. The van der Waals surface area contributed by atoms with Gasteiger partial charge in [0.2, 0.25) is 0 Å². The summed E-state index contributed by atoms with van der Waals surface area (Å²) in [6, 6.07) is 6.05. The molecular formula is C13H21BrClN3. The molecule has 0 heterocycles. The van der Waals surface area contributed by atoms with Gasteiger partial charge in [-0.3, -0.25) is 11.3 Å². The van der Waals surface area contributed by atoms with E-state index in [0.29, 0.717) is 0 Å². The Labute approximate surface area is 123 Å². The second-order valence-electron chi connectivity index (χ2n) is 5.21. The fourth-order valence-corrected chi connectivity index (χ4v) is 2.48. The Balaban J connectivity index is 2.93. The van der Waals surface area contributed by atoms with E-state index in [1.807, 2.05) is 32.3 Å². The molecule has 0 bridgehead atoms. The van der Waals surface area contributed by atoms with E-state index in [2.05, 4.69) is 40.1 Å². The van der Waals surface area contributed by atoms with Gasteiger partial charge in [-0.25, -0.2) is 0 Å². The second-order valence-corrected chi connectivity index (χ2v) is 6.53. The van der Waals surface area contributed by atoms with Gasteiger partial charge >= 0.3 is 0 Å². The van der Waals surface area contributed by atoms with Crippen molar-refractivity contribution in [1.29, 1.82) is 0 Å². The molecule has 0 aliphatic rings. The normalized spacial score (nSPS) is 14.0. The zero-order valence-corrected chi connectivity index (χ0v) is 13.6. The number of likely N-dealkylation sites (N-methyl/N-ethyl adjacent to an activating group) is 1. The summed E-state index contributed by atoms with van der Waals surface area (Å²) >= 11 is 9.66. The van der Waals surface area contributed by atoms with Crippen LogP contribution in [0.4, 0.5) is 0 Å². The van der Waals surface area contributed by atoms with E-state index in [1.54, 1.807) is 0 Å². The highest BCUT2D eigenvalue weighted by Gasteiger charge is 2.31. The van der Waals surface area contributed by atoms with Crippen molar-refractivity contribution in [1.82, 2.24) is 10.3 Å². The number of hydrogen-bond acceptors (Lipinski definition) is 3. The van der Waals surface area contributed by atoms with Crippen LogP contribution in [0.3, 0.4) is 0 Å². The highest BCUT2D eigenvalue weighted by molar-refractivity contribution is 9.10. The molecule has 0 spiro atoms. The molecule has 0 aromatic heterocycles. The number of halogens is 2. The Hall–Kier alpha value is -0.130. The zero-order chi connectivity index (χ0) is 13.9. The van der Waals surface area contributed by atoms with Gasteiger partial charge in [0, 0.05) is 21.1 Å². The molecule has 0 aliphatic heterocycles. The molecule has 18 heavy (non-hydrogen) atoms. The molecule has 0 amide bonds. The number of nitrogens with one attached hydrogen (secondary N) is 1. The quantitative estimate of drug-likeness (QED) is 0.642. The van der Waals surface area contributed by atoms with Crippen molar-refractivity contribution >= 4 is 27.5 Å². The molecule has 102 valence electrons. The monoisotopic (exact) mass is 333 g/mol. The van der Waals surface area contributed by atoms with Crippen molar-refractivity contribution < 1.29 is 0 Å². The first kappa shape index (κ1) is 15.9. The summed E-state index contributed by atoms with van der Waals surface area (Å²) < 4.78 is 0.986. The van der Waals surface area contributed by atoms with Gasteiger partial charge in [-0.15, -0.1) is 0 Å². The molecule has 1 atom stereocenters. The van der Waals surface area contributed by atoms with Crippen molar-refractivity contribution in [2.75, 3.05) is 14.1 Å².